The highest BCUT2D eigenvalue weighted by Crippen LogP contribution is 2.30. The van der Waals surface area contributed by atoms with Gasteiger partial charge in [0.15, 0.2) is 5.78 Å². The fraction of sp³-hybridized carbons (Fsp3) is 0.308. The minimum Gasteiger partial charge on any atom is -0.508 e. The lowest BCUT2D eigenvalue weighted by Crippen LogP contribution is -2.25. The number of halogens is 1. The molecule has 0 aliphatic carbocycles. The summed E-state index contributed by atoms with van der Waals surface area (Å²) in [5.74, 6) is 1.12. The molecule has 0 fully saturated rings. The molecule has 2 rings (SSSR count). The van der Waals surface area contributed by atoms with E-state index in [1.165, 1.54) is 10.6 Å². The summed E-state index contributed by atoms with van der Waals surface area (Å²) >= 11 is 1.77. The molecule has 0 bridgehead atoms. The van der Waals surface area contributed by atoms with Crippen molar-refractivity contribution in [2.24, 2.45) is 0 Å². The molecule has 0 radical (unpaired) electrons. The molecule has 0 saturated carbocycles. The van der Waals surface area contributed by atoms with Gasteiger partial charge in [0.1, 0.15) is 5.75 Å². The van der Waals surface area contributed by atoms with Crippen molar-refractivity contribution in [3.05, 3.63) is 40.4 Å². The first kappa shape index (κ1) is 15.1. The first-order chi connectivity index (χ1) is 8.08. The van der Waals surface area contributed by atoms with Crippen molar-refractivity contribution in [1.82, 2.24) is 4.90 Å². The van der Waals surface area contributed by atoms with E-state index in [1.807, 2.05) is 6.92 Å². The van der Waals surface area contributed by atoms with E-state index in [9.17, 15) is 4.79 Å². The second-order valence-electron chi connectivity index (χ2n) is 4.08. The second-order valence-corrected chi connectivity index (χ2v) is 5.24. The topological polar surface area (TPSA) is 40.5 Å². The molecule has 1 aromatic carbocycles. The molecular weight excluding hydrogens is 314 g/mol. The Bertz CT molecular complexity index is 470. The number of phenols is 1. The third-order valence-electron chi connectivity index (χ3n) is 2.94. The number of carbonyl (C=O) groups excluding carboxylic acids is 1. The number of phenolic OH excluding ortho intramolecular Hbond substituents is 1. The van der Waals surface area contributed by atoms with Gasteiger partial charge in [0.2, 0.25) is 0 Å². The van der Waals surface area contributed by atoms with Crippen molar-refractivity contribution >= 4 is 34.5 Å². The van der Waals surface area contributed by atoms with Gasteiger partial charge >= 0.3 is 0 Å². The van der Waals surface area contributed by atoms with Crippen LogP contribution in [-0.2, 0) is 0 Å². The van der Waals surface area contributed by atoms with Gasteiger partial charge in [-0.25, -0.2) is 0 Å². The molecule has 0 spiro atoms. The number of rotatable bonds is 3. The number of ketones is 1. The Balaban J connectivity index is 0.00000162. The molecule has 0 saturated heterocycles. The van der Waals surface area contributed by atoms with Crippen LogP contribution in [0.1, 0.15) is 24.2 Å². The monoisotopic (exact) mass is 329 g/mol. The lowest BCUT2D eigenvalue weighted by atomic mass is 10.1. The van der Waals surface area contributed by atoms with Gasteiger partial charge in [0.05, 0.1) is 12.4 Å². The van der Waals surface area contributed by atoms with E-state index in [0.29, 0.717) is 12.1 Å². The Morgan fingerprint density at radius 2 is 1.94 bits per heavy atom. The Morgan fingerprint density at radius 3 is 2.44 bits per heavy atom. The average Bonchev–Trinajstić information content (AvgIpc) is 2.62. The van der Waals surface area contributed by atoms with Crippen molar-refractivity contribution in [2.45, 2.75) is 13.8 Å². The standard InChI is InChI=1S/C13H15NO2S.BrH/c1-9-10(2)17-8-14(9)7-13(16)11-3-5-12(15)6-4-11;/h3-6,15H,7-8H2,1-2H3;1H. The third kappa shape index (κ3) is 3.29. The van der Waals surface area contributed by atoms with E-state index in [2.05, 4.69) is 11.8 Å². The summed E-state index contributed by atoms with van der Waals surface area (Å²) in [7, 11) is 0. The minimum absolute atomic E-state index is 0. The Morgan fingerprint density at radius 1 is 1.33 bits per heavy atom. The number of thioether (sulfide) groups is 1. The number of hydrogen-bond donors (Lipinski definition) is 1. The van der Waals surface area contributed by atoms with Crippen LogP contribution < -0.4 is 0 Å². The normalized spacial score (nSPS) is 14.7. The number of nitrogens with zero attached hydrogens (tertiary/aromatic N) is 1. The molecule has 1 aliphatic rings. The Labute approximate surface area is 122 Å². The lowest BCUT2D eigenvalue weighted by molar-refractivity contribution is 0.0958. The molecule has 0 atom stereocenters. The molecule has 0 aromatic heterocycles. The van der Waals surface area contributed by atoms with Crippen LogP contribution in [0.25, 0.3) is 0 Å². The molecule has 0 unspecified atom stereocenters. The lowest BCUT2D eigenvalue weighted by Gasteiger charge is -2.18. The maximum Gasteiger partial charge on any atom is 0.182 e. The summed E-state index contributed by atoms with van der Waals surface area (Å²) in [5.41, 5.74) is 1.83. The van der Waals surface area contributed by atoms with E-state index >= 15 is 0 Å². The Kier molecular flexibility index (Phi) is 5.28. The number of allylic oxidation sites excluding steroid dienone is 2. The molecule has 0 amide bonds. The largest absolute Gasteiger partial charge is 0.508 e. The minimum atomic E-state index is 0. The summed E-state index contributed by atoms with van der Waals surface area (Å²) < 4.78 is 0. The van der Waals surface area contributed by atoms with Crippen molar-refractivity contribution < 1.29 is 9.90 Å². The van der Waals surface area contributed by atoms with Crippen molar-refractivity contribution in [1.29, 1.82) is 0 Å². The molecule has 1 N–H and O–H groups in total. The molecular formula is C13H16BrNO2S. The second kappa shape index (κ2) is 6.29. The number of Topliss-reactive ketones (excluding diaryl/α,β-unsaturated/α-hetero) is 1. The third-order valence-corrected chi connectivity index (χ3v) is 4.11. The van der Waals surface area contributed by atoms with E-state index in [1.54, 1.807) is 36.0 Å². The van der Waals surface area contributed by atoms with Crippen LogP contribution in [-0.4, -0.2) is 28.2 Å². The molecule has 3 nitrogen and oxygen atoms in total. The zero-order valence-electron chi connectivity index (χ0n) is 10.3. The van der Waals surface area contributed by atoms with Crippen LogP contribution in [0.2, 0.25) is 0 Å². The molecule has 18 heavy (non-hydrogen) atoms. The maximum atomic E-state index is 12.0. The first-order valence-corrected chi connectivity index (χ1v) is 6.44. The number of aromatic hydroxyl groups is 1. The van der Waals surface area contributed by atoms with Crippen LogP contribution in [0.3, 0.4) is 0 Å². The van der Waals surface area contributed by atoms with Crippen LogP contribution in [0.4, 0.5) is 0 Å². The van der Waals surface area contributed by atoms with Crippen LogP contribution >= 0.6 is 28.7 Å². The van der Waals surface area contributed by atoms with Crippen LogP contribution in [0.5, 0.6) is 5.75 Å². The summed E-state index contributed by atoms with van der Waals surface area (Å²) in [4.78, 5) is 15.4. The van der Waals surface area contributed by atoms with Gasteiger partial charge in [0.25, 0.3) is 0 Å². The van der Waals surface area contributed by atoms with E-state index < -0.39 is 0 Å². The SMILES string of the molecule is Br.CC1=C(C)N(CC(=O)c2ccc(O)cc2)CS1. The maximum absolute atomic E-state index is 12.0. The highest BCUT2D eigenvalue weighted by Gasteiger charge is 2.19. The fourth-order valence-corrected chi connectivity index (χ4v) is 2.65. The van der Waals surface area contributed by atoms with Gasteiger partial charge in [-0.2, -0.15) is 0 Å². The van der Waals surface area contributed by atoms with Gasteiger partial charge in [-0.1, -0.05) is 0 Å². The van der Waals surface area contributed by atoms with Crippen LogP contribution in [0, 0.1) is 0 Å². The highest BCUT2D eigenvalue weighted by atomic mass is 79.9. The number of benzene rings is 1. The van der Waals surface area contributed by atoms with Gasteiger partial charge in [0, 0.05) is 16.2 Å². The van der Waals surface area contributed by atoms with Crippen molar-refractivity contribution in [2.75, 3.05) is 12.4 Å². The van der Waals surface area contributed by atoms with E-state index in [-0.39, 0.29) is 28.5 Å². The predicted molar refractivity (Wildman–Crippen MR) is 80.3 cm³/mol. The van der Waals surface area contributed by atoms with Crippen LogP contribution in [0.15, 0.2) is 34.9 Å². The van der Waals surface area contributed by atoms with E-state index in [0.717, 1.165) is 5.88 Å². The van der Waals surface area contributed by atoms with Gasteiger partial charge in [-0.15, -0.1) is 28.7 Å². The molecule has 1 heterocycles. The van der Waals surface area contributed by atoms with Gasteiger partial charge in [-0.05, 0) is 38.1 Å². The highest BCUT2D eigenvalue weighted by molar-refractivity contribution is 8.93. The van der Waals surface area contributed by atoms with E-state index in [4.69, 9.17) is 5.11 Å². The average molecular weight is 330 g/mol. The first-order valence-electron chi connectivity index (χ1n) is 5.45. The molecule has 1 aromatic rings. The molecule has 98 valence electrons. The van der Waals surface area contributed by atoms with Crippen molar-refractivity contribution in [3.8, 4) is 5.75 Å². The summed E-state index contributed by atoms with van der Waals surface area (Å²) in [6.45, 7) is 4.52. The summed E-state index contributed by atoms with van der Waals surface area (Å²) in [6.07, 6.45) is 0. The number of carbonyl (C=O) groups is 1. The predicted octanol–water partition coefficient (Wildman–Crippen LogP) is 3.41. The van der Waals surface area contributed by atoms with Gasteiger partial charge < -0.3 is 10.0 Å². The van der Waals surface area contributed by atoms with Gasteiger partial charge in [-0.3, -0.25) is 4.79 Å². The summed E-state index contributed by atoms with van der Waals surface area (Å²) in [5, 5.41) is 9.17. The quantitative estimate of drug-likeness (QED) is 0.863. The smallest absolute Gasteiger partial charge is 0.182 e. The zero-order valence-corrected chi connectivity index (χ0v) is 12.9. The molecule has 1 aliphatic heterocycles. The zero-order chi connectivity index (χ0) is 12.4. The van der Waals surface area contributed by atoms with Crippen molar-refractivity contribution in [3.63, 3.8) is 0 Å². The number of hydrogen-bond acceptors (Lipinski definition) is 4. The Hall–Kier alpha value is -0.940. The molecule has 5 heteroatoms. The summed E-state index contributed by atoms with van der Waals surface area (Å²) in [6, 6.07) is 6.40. The fourth-order valence-electron chi connectivity index (χ4n) is 1.67.